The van der Waals surface area contributed by atoms with Crippen molar-refractivity contribution in [2.75, 3.05) is 11.9 Å². The molecule has 2 N–H and O–H groups in total. The smallest absolute Gasteiger partial charge is 0.240 e. The lowest BCUT2D eigenvalue weighted by molar-refractivity contribution is 0.522. The van der Waals surface area contributed by atoms with E-state index in [2.05, 4.69) is 16.1 Å². The summed E-state index contributed by atoms with van der Waals surface area (Å²) in [5.74, 6) is 0. The van der Waals surface area contributed by atoms with Crippen molar-refractivity contribution in [3.05, 3.63) is 35.9 Å². The maximum atomic E-state index is 12.3. The molecule has 0 amide bonds. The number of nitrogens with one attached hydrogen (secondary N) is 2. The zero-order valence-corrected chi connectivity index (χ0v) is 11.5. The number of anilines is 1. The number of allylic oxidation sites excluding steroid dienone is 1. The molecule has 1 atom stereocenters. The van der Waals surface area contributed by atoms with Crippen LogP contribution in [0, 0.1) is 0 Å². The van der Waals surface area contributed by atoms with Crippen molar-refractivity contribution in [2.45, 2.75) is 36.6 Å². The summed E-state index contributed by atoms with van der Waals surface area (Å²) < 4.78 is 27.5. The van der Waals surface area contributed by atoms with Crippen molar-refractivity contribution in [3.63, 3.8) is 0 Å². The van der Waals surface area contributed by atoms with Gasteiger partial charge < -0.3 is 5.32 Å². The topological polar surface area (TPSA) is 58.2 Å². The second-order valence-electron chi connectivity index (χ2n) is 5.10. The molecular weight excluding hydrogens is 260 g/mol. The van der Waals surface area contributed by atoms with E-state index in [0.717, 1.165) is 43.5 Å². The Morgan fingerprint density at radius 2 is 2.16 bits per heavy atom. The summed E-state index contributed by atoms with van der Waals surface area (Å²) in [6.45, 7) is 0.889. The number of rotatable bonds is 3. The summed E-state index contributed by atoms with van der Waals surface area (Å²) in [7, 11) is -3.39. The van der Waals surface area contributed by atoms with E-state index in [-0.39, 0.29) is 6.04 Å². The van der Waals surface area contributed by atoms with Crippen LogP contribution in [0.3, 0.4) is 0 Å². The first kappa shape index (κ1) is 12.7. The minimum Gasteiger partial charge on any atom is -0.384 e. The van der Waals surface area contributed by atoms with Crippen LogP contribution in [0.2, 0.25) is 0 Å². The zero-order chi connectivity index (χ0) is 13.3. The molecule has 5 heteroatoms. The lowest BCUT2D eigenvalue weighted by Crippen LogP contribution is -2.35. The average Bonchev–Trinajstić information content (AvgIpc) is 2.86. The Hall–Kier alpha value is -1.33. The fourth-order valence-corrected chi connectivity index (χ4v) is 3.97. The number of sulfonamides is 1. The molecule has 0 saturated heterocycles. The van der Waals surface area contributed by atoms with Gasteiger partial charge >= 0.3 is 0 Å². The standard InChI is InChI=1S/C14H18N2O2S/c17-19(18,16-12-4-2-1-3-5-12)13-6-7-14-11(10-13)8-9-15-14/h1-2,6-7,10,12,15-16H,3-5,8-9H2. The molecule has 3 rings (SSSR count). The van der Waals surface area contributed by atoms with Crippen LogP contribution in [0.15, 0.2) is 35.2 Å². The van der Waals surface area contributed by atoms with Gasteiger partial charge in [-0.25, -0.2) is 13.1 Å². The van der Waals surface area contributed by atoms with E-state index in [1.54, 1.807) is 12.1 Å². The molecule has 102 valence electrons. The van der Waals surface area contributed by atoms with Crippen LogP contribution < -0.4 is 10.0 Å². The average molecular weight is 278 g/mol. The Morgan fingerprint density at radius 3 is 2.95 bits per heavy atom. The SMILES string of the molecule is O=S(=O)(NC1CC=CCC1)c1ccc2c(c1)CCN2. The Labute approximate surface area is 114 Å². The normalized spacial score (nSPS) is 22.0. The third kappa shape index (κ3) is 2.67. The van der Waals surface area contributed by atoms with E-state index in [9.17, 15) is 8.42 Å². The first-order chi connectivity index (χ1) is 9.15. The van der Waals surface area contributed by atoms with Crippen LogP contribution in [-0.4, -0.2) is 21.0 Å². The zero-order valence-electron chi connectivity index (χ0n) is 10.7. The highest BCUT2D eigenvalue weighted by Gasteiger charge is 2.22. The second kappa shape index (κ2) is 4.98. The Balaban J connectivity index is 1.81. The second-order valence-corrected chi connectivity index (χ2v) is 6.81. The summed E-state index contributed by atoms with van der Waals surface area (Å²) in [5.41, 5.74) is 2.14. The van der Waals surface area contributed by atoms with E-state index in [1.807, 2.05) is 12.1 Å². The van der Waals surface area contributed by atoms with Crippen LogP contribution in [-0.2, 0) is 16.4 Å². The van der Waals surface area contributed by atoms with Crippen LogP contribution in [0.4, 0.5) is 5.69 Å². The van der Waals surface area contributed by atoms with Gasteiger partial charge in [-0.1, -0.05) is 12.2 Å². The largest absolute Gasteiger partial charge is 0.384 e. The predicted molar refractivity (Wildman–Crippen MR) is 75.7 cm³/mol. The molecule has 0 bridgehead atoms. The lowest BCUT2D eigenvalue weighted by atomic mass is 10.0. The van der Waals surface area contributed by atoms with E-state index >= 15 is 0 Å². The Kier molecular flexibility index (Phi) is 3.33. The van der Waals surface area contributed by atoms with Gasteiger partial charge in [-0.15, -0.1) is 0 Å². The van der Waals surface area contributed by atoms with Gasteiger partial charge in [0.1, 0.15) is 0 Å². The number of hydrogen-bond acceptors (Lipinski definition) is 3. The van der Waals surface area contributed by atoms with Gasteiger partial charge in [-0.3, -0.25) is 0 Å². The number of benzene rings is 1. The minimum atomic E-state index is -3.39. The van der Waals surface area contributed by atoms with Crippen LogP contribution >= 0.6 is 0 Å². The molecule has 2 aliphatic rings. The van der Waals surface area contributed by atoms with Crippen molar-refractivity contribution >= 4 is 15.7 Å². The van der Waals surface area contributed by atoms with Crippen LogP contribution in [0.1, 0.15) is 24.8 Å². The molecule has 0 spiro atoms. The highest BCUT2D eigenvalue weighted by molar-refractivity contribution is 7.89. The molecule has 1 aromatic carbocycles. The fourth-order valence-electron chi connectivity index (χ4n) is 2.64. The minimum absolute atomic E-state index is 0.0291. The van der Waals surface area contributed by atoms with Crippen molar-refractivity contribution < 1.29 is 8.42 Å². The molecule has 0 aromatic heterocycles. The third-order valence-corrected chi connectivity index (χ3v) is 5.21. The summed E-state index contributed by atoms with van der Waals surface area (Å²) in [6, 6.07) is 5.35. The molecule has 0 radical (unpaired) electrons. The molecule has 1 aliphatic carbocycles. The van der Waals surface area contributed by atoms with Crippen LogP contribution in [0.25, 0.3) is 0 Å². The molecule has 1 heterocycles. The number of hydrogen-bond donors (Lipinski definition) is 2. The fraction of sp³-hybridized carbons (Fsp3) is 0.429. The molecule has 1 unspecified atom stereocenters. The summed E-state index contributed by atoms with van der Waals surface area (Å²) in [6.07, 6.45) is 7.65. The molecule has 1 aromatic rings. The highest BCUT2D eigenvalue weighted by atomic mass is 32.2. The summed E-state index contributed by atoms with van der Waals surface area (Å²) in [4.78, 5) is 0.379. The van der Waals surface area contributed by atoms with Gasteiger partial charge in [0.2, 0.25) is 10.0 Å². The van der Waals surface area contributed by atoms with Gasteiger partial charge in [-0.2, -0.15) is 0 Å². The van der Waals surface area contributed by atoms with E-state index in [4.69, 9.17) is 0 Å². The van der Waals surface area contributed by atoms with Crippen molar-refractivity contribution in [3.8, 4) is 0 Å². The maximum absolute atomic E-state index is 12.3. The van der Waals surface area contributed by atoms with E-state index in [0.29, 0.717) is 4.90 Å². The first-order valence-corrected chi connectivity index (χ1v) is 8.17. The molecule has 4 nitrogen and oxygen atoms in total. The van der Waals surface area contributed by atoms with Gasteiger partial charge in [-0.05, 0) is 49.4 Å². The molecule has 19 heavy (non-hydrogen) atoms. The van der Waals surface area contributed by atoms with Gasteiger partial charge in [0, 0.05) is 18.3 Å². The third-order valence-electron chi connectivity index (χ3n) is 3.69. The molecule has 0 fully saturated rings. The molecule has 0 saturated carbocycles. The summed E-state index contributed by atoms with van der Waals surface area (Å²) in [5, 5.41) is 3.24. The van der Waals surface area contributed by atoms with Gasteiger partial charge in [0.25, 0.3) is 0 Å². The monoisotopic (exact) mass is 278 g/mol. The predicted octanol–water partition coefficient (Wildman–Crippen LogP) is 2.04. The highest BCUT2D eigenvalue weighted by Crippen LogP contribution is 2.25. The van der Waals surface area contributed by atoms with Crippen LogP contribution in [0.5, 0.6) is 0 Å². The van der Waals surface area contributed by atoms with Gasteiger partial charge in [0.05, 0.1) is 4.90 Å². The van der Waals surface area contributed by atoms with Crippen molar-refractivity contribution in [2.24, 2.45) is 0 Å². The summed E-state index contributed by atoms with van der Waals surface area (Å²) >= 11 is 0. The number of fused-ring (bicyclic) bond motifs is 1. The molecular formula is C14H18N2O2S. The molecule has 1 aliphatic heterocycles. The maximum Gasteiger partial charge on any atom is 0.240 e. The van der Waals surface area contributed by atoms with Gasteiger partial charge in [0.15, 0.2) is 0 Å². The first-order valence-electron chi connectivity index (χ1n) is 6.69. The van der Waals surface area contributed by atoms with E-state index in [1.165, 1.54) is 0 Å². The Bertz CT molecular complexity index is 608. The lowest BCUT2D eigenvalue weighted by Gasteiger charge is -2.19. The van der Waals surface area contributed by atoms with Crippen molar-refractivity contribution in [1.82, 2.24) is 4.72 Å². The quantitative estimate of drug-likeness (QED) is 0.832. The van der Waals surface area contributed by atoms with E-state index < -0.39 is 10.0 Å². The Morgan fingerprint density at radius 1 is 1.26 bits per heavy atom. The van der Waals surface area contributed by atoms with Crippen molar-refractivity contribution in [1.29, 1.82) is 0 Å².